The maximum Gasteiger partial charge on any atom is 0.310 e. The second-order valence-electron chi connectivity index (χ2n) is 4.94. The van der Waals surface area contributed by atoms with Gasteiger partial charge in [-0.25, -0.2) is 0 Å². The lowest BCUT2D eigenvalue weighted by Crippen LogP contribution is -2.10. The van der Waals surface area contributed by atoms with Crippen molar-refractivity contribution in [1.82, 2.24) is 14.6 Å². The first-order chi connectivity index (χ1) is 11.0. The van der Waals surface area contributed by atoms with Gasteiger partial charge in [0.1, 0.15) is 4.88 Å². The van der Waals surface area contributed by atoms with Crippen LogP contribution in [0.4, 0.5) is 0 Å². The Bertz CT molecular complexity index is 916. The number of halogens is 1. The molecule has 6 nitrogen and oxygen atoms in total. The van der Waals surface area contributed by atoms with Crippen LogP contribution >= 0.6 is 23.1 Å². The van der Waals surface area contributed by atoms with Gasteiger partial charge in [-0.1, -0.05) is 22.2 Å². The summed E-state index contributed by atoms with van der Waals surface area (Å²) in [4.78, 5) is 28.0. The van der Waals surface area contributed by atoms with E-state index < -0.39 is 5.97 Å². The number of rotatable bonds is 4. The molecule has 0 saturated carbocycles. The summed E-state index contributed by atoms with van der Waals surface area (Å²) in [6, 6.07) is 5.21. The molecule has 0 aliphatic carbocycles. The van der Waals surface area contributed by atoms with Gasteiger partial charge in [-0.3, -0.25) is 9.59 Å². The van der Waals surface area contributed by atoms with E-state index in [9.17, 15) is 9.59 Å². The van der Waals surface area contributed by atoms with Crippen molar-refractivity contribution in [2.24, 2.45) is 0 Å². The van der Waals surface area contributed by atoms with Crippen LogP contribution in [0.15, 0.2) is 18.2 Å². The first-order valence-corrected chi connectivity index (χ1v) is 7.87. The molecule has 0 radical (unpaired) electrons. The number of fused-ring (bicyclic) bond motifs is 1. The first kappa shape index (κ1) is 15.6. The number of methoxy groups -OCH3 is 1. The summed E-state index contributed by atoms with van der Waals surface area (Å²) >= 11 is 7.03. The molecule has 23 heavy (non-hydrogen) atoms. The average Bonchev–Trinajstić information content (AvgIpc) is 3.10. The quantitative estimate of drug-likeness (QED) is 0.578. The van der Waals surface area contributed by atoms with Crippen molar-refractivity contribution in [2.45, 2.75) is 13.3 Å². The van der Waals surface area contributed by atoms with Crippen molar-refractivity contribution in [3.05, 3.63) is 45.1 Å². The van der Waals surface area contributed by atoms with Crippen LogP contribution in [-0.4, -0.2) is 33.4 Å². The van der Waals surface area contributed by atoms with Crippen LogP contribution < -0.4 is 0 Å². The Labute approximate surface area is 140 Å². The van der Waals surface area contributed by atoms with E-state index in [0.29, 0.717) is 32.4 Å². The molecule has 0 atom stereocenters. The van der Waals surface area contributed by atoms with Gasteiger partial charge < -0.3 is 9.72 Å². The van der Waals surface area contributed by atoms with Crippen LogP contribution in [-0.2, 0) is 16.0 Å². The summed E-state index contributed by atoms with van der Waals surface area (Å²) in [5.74, 6) is -0.669. The van der Waals surface area contributed by atoms with Gasteiger partial charge in [0.15, 0.2) is 0 Å². The second kappa shape index (κ2) is 6.10. The molecule has 0 aliphatic rings. The lowest BCUT2D eigenvalue weighted by atomic mass is 10.0. The number of nitrogens with zero attached hydrogens (tertiary/aromatic N) is 2. The second-order valence-corrected chi connectivity index (χ2v) is 6.13. The van der Waals surface area contributed by atoms with Gasteiger partial charge in [0, 0.05) is 21.5 Å². The van der Waals surface area contributed by atoms with Crippen LogP contribution in [0.5, 0.6) is 0 Å². The molecule has 0 fully saturated rings. The van der Waals surface area contributed by atoms with Crippen molar-refractivity contribution in [3.63, 3.8) is 0 Å². The molecule has 0 aliphatic heterocycles. The zero-order valence-corrected chi connectivity index (χ0v) is 13.9. The smallest absolute Gasteiger partial charge is 0.310 e. The predicted octanol–water partition coefficient (Wildman–Crippen LogP) is 2.93. The van der Waals surface area contributed by atoms with Crippen molar-refractivity contribution in [1.29, 1.82) is 0 Å². The number of ketones is 1. The highest BCUT2D eigenvalue weighted by molar-refractivity contribution is 7.08. The Morgan fingerprint density at radius 3 is 2.83 bits per heavy atom. The molecule has 2 heterocycles. The van der Waals surface area contributed by atoms with E-state index in [-0.39, 0.29) is 12.2 Å². The van der Waals surface area contributed by atoms with E-state index in [1.807, 2.05) is 0 Å². The normalized spacial score (nSPS) is 10.9. The number of esters is 1. The van der Waals surface area contributed by atoms with E-state index in [2.05, 4.69) is 14.6 Å². The Hall–Kier alpha value is -2.25. The van der Waals surface area contributed by atoms with Crippen LogP contribution in [0.25, 0.3) is 10.9 Å². The number of hydrogen-bond donors (Lipinski definition) is 1. The fourth-order valence-corrected chi connectivity index (χ4v) is 3.15. The number of ether oxygens (including phenoxy) is 1. The number of carbonyl (C=O) groups is 2. The molecular weight excluding hydrogens is 338 g/mol. The van der Waals surface area contributed by atoms with Crippen LogP contribution in [0, 0.1) is 6.92 Å². The third-order valence-electron chi connectivity index (χ3n) is 3.50. The number of aryl methyl sites for hydroxylation is 1. The standard InChI is InChI=1S/C15H12ClN3O3S/c1-7-15(23-19-18-7)14(21)13-10(6-12(20)22-2)9-4-3-8(16)5-11(9)17-13/h3-5,17H,6H2,1-2H3. The van der Waals surface area contributed by atoms with Gasteiger partial charge >= 0.3 is 5.97 Å². The number of aromatic nitrogens is 3. The third kappa shape index (κ3) is 2.85. The summed E-state index contributed by atoms with van der Waals surface area (Å²) in [6.07, 6.45) is -0.00944. The topological polar surface area (TPSA) is 84.9 Å². The van der Waals surface area contributed by atoms with Crippen molar-refractivity contribution < 1.29 is 14.3 Å². The fraction of sp³-hybridized carbons (Fsp3) is 0.200. The number of carbonyl (C=O) groups excluding carboxylic acids is 2. The fourth-order valence-electron chi connectivity index (χ4n) is 2.37. The maximum atomic E-state index is 12.8. The first-order valence-electron chi connectivity index (χ1n) is 6.72. The largest absolute Gasteiger partial charge is 0.469 e. The highest BCUT2D eigenvalue weighted by Gasteiger charge is 2.24. The number of H-pyrrole nitrogens is 1. The highest BCUT2D eigenvalue weighted by Crippen LogP contribution is 2.28. The molecule has 0 saturated heterocycles. The van der Waals surface area contributed by atoms with Crippen molar-refractivity contribution >= 4 is 45.8 Å². The molecule has 0 bridgehead atoms. The number of aromatic amines is 1. The highest BCUT2D eigenvalue weighted by atomic mass is 35.5. The molecule has 8 heteroatoms. The Morgan fingerprint density at radius 1 is 1.39 bits per heavy atom. The zero-order valence-electron chi connectivity index (χ0n) is 12.3. The number of hydrogen-bond acceptors (Lipinski definition) is 6. The van der Waals surface area contributed by atoms with E-state index >= 15 is 0 Å². The lowest BCUT2D eigenvalue weighted by molar-refractivity contribution is -0.139. The zero-order chi connectivity index (χ0) is 16.6. The minimum Gasteiger partial charge on any atom is -0.469 e. The Morgan fingerprint density at radius 2 is 2.17 bits per heavy atom. The third-order valence-corrected chi connectivity index (χ3v) is 4.56. The van der Waals surface area contributed by atoms with E-state index in [0.717, 1.165) is 16.9 Å². The van der Waals surface area contributed by atoms with Gasteiger partial charge in [-0.05, 0) is 30.6 Å². The molecule has 3 rings (SSSR count). The molecule has 2 aromatic heterocycles. The summed E-state index contributed by atoms with van der Waals surface area (Å²) in [6.45, 7) is 1.72. The summed E-state index contributed by atoms with van der Waals surface area (Å²) in [5.41, 5.74) is 2.17. The summed E-state index contributed by atoms with van der Waals surface area (Å²) in [5, 5.41) is 5.16. The van der Waals surface area contributed by atoms with Crippen molar-refractivity contribution in [3.8, 4) is 0 Å². The van der Waals surface area contributed by atoms with Gasteiger partial charge in [-0.15, -0.1) is 5.10 Å². The summed E-state index contributed by atoms with van der Waals surface area (Å²) in [7, 11) is 1.31. The van der Waals surface area contributed by atoms with Crippen LogP contribution in [0.2, 0.25) is 5.02 Å². The maximum absolute atomic E-state index is 12.8. The van der Waals surface area contributed by atoms with E-state index in [1.54, 1.807) is 25.1 Å². The molecule has 118 valence electrons. The SMILES string of the molecule is COC(=O)Cc1c(C(=O)c2snnc2C)[nH]c2cc(Cl)ccc12. The molecule has 0 spiro atoms. The van der Waals surface area contributed by atoms with Gasteiger partial charge in [0.2, 0.25) is 5.78 Å². The Kier molecular flexibility index (Phi) is 4.14. The molecule has 0 unspecified atom stereocenters. The Balaban J connectivity index is 2.18. The van der Waals surface area contributed by atoms with Crippen LogP contribution in [0.1, 0.15) is 26.6 Å². The molecular formula is C15H12ClN3O3S. The van der Waals surface area contributed by atoms with Gasteiger partial charge in [0.05, 0.1) is 24.9 Å². The number of nitrogens with one attached hydrogen (secondary N) is 1. The van der Waals surface area contributed by atoms with E-state index in [1.165, 1.54) is 7.11 Å². The van der Waals surface area contributed by atoms with Gasteiger partial charge in [-0.2, -0.15) is 0 Å². The van der Waals surface area contributed by atoms with Crippen LogP contribution in [0.3, 0.4) is 0 Å². The minimum atomic E-state index is -0.422. The monoisotopic (exact) mass is 349 g/mol. The van der Waals surface area contributed by atoms with Gasteiger partial charge in [0.25, 0.3) is 0 Å². The lowest BCUT2D eigenvalue weighted by Gasteiger charge is -2.02. The molecule has 1 N–H and O–H groups in total. The predicted molar refractivity (Wildman–Crippen MR) is 87.1 cm³/mol. The average molecular weight is 350 g/mol. The van der Waals surface area contributed by atoms with E-state index in [4.69, 9.17) is 16.3 Å². The minimum absolute atomic E-state index is 0.00944. The van der Waals surface area contributed by atoms with Crippen molar-refractivity contribution in [2.75, 3.05) is 7.11 Å². The molecule has 1 aromatic carbocycles. The molecule has 3 aromatic rings. The number of benzene rings is 1. The summed E-state index contributed by atoms with van der Waals surface area (Å²) < 4.78 is 8.52. The molecule has 0 amide bonds.